The average Bonchev–Trinajstić information content (AvgIpc) is 2.28. The lowest BCUT2D eigenvalue weighted by atomic mass is 10.1. The highest BCUT2D eigenvalue weighted by Gasteiger charge is 2.06. The molecule has 0 spiro atoms. The van der Waals surface area contributed by atoms with Gasteiger partial charge in [0.15, 0.2) is 11.6 Å². The zero-order valence-corrected chi connectivity index (χ0v) is 9.54. The van der Waals surface area contributed by atoms with Gasteiger partial charge in [-0.15, -0.1) is 0 Å². The summed E-state index contributed by atoms with van der Waals surface area (Å²) in [7, 11) is 0. The summed E-state index contributed by atoms with van der Waals surface area (Å²) in [5.74, 6) is -2.03. The summed E-state index contributed by atoms with van der Waals surface area (Å²) in [5.41, 5.74) is 0.566. The number of aliphatic hydroxyl groups is 1. The van der Waals surface area contributed by atoms with E-state index in [2.05, 4.69) is 5.32 Å². The van der Waals surface area contributed by atoms with Crippen molar-refractivity contribution in [3.63, 3.8) is 0 Å². The fourth-order valence-corrected chi connectivity index (χ4v) is 1.30. The molecule has 5 heteroatoms. The van der Waals surface area contributed by atoms with E-state index in [0.717, 1.165) is 12.1 Å². The molecule has 0 bridgehead atoms. The number of aliphatic hydroxyl groups excluding tert-OH is 1. The number of amides is 1. The van der Waals surface area contributed by atoms with Crippen LogP contribution in [0, 0.1) is 11.6 Å². The lowest BCUT2D eigenvalue weighted by molar-refractivity contribution is -0.121. The Morgan fingerprint density at radius 3 is 2.71 bits per heavy atom. The zero-order valence-electron chi connectivity index (χ0n) is 9.54. The number of halogens is 2. The topological polar surface area (TPSA) is 49.3 Å². The standard InChI is InChI=1S/C12H15F2NO2/c1-8(16)7-15-12(17)5-3-9-2-4-10(13)11(14)6-9/h2,4,6,8,16H,3,5,7H2,1H3,(H,15,17)/t8-/m0/s1. The molecule has 0 heterocycles. The first-order chi connectivity index (χ1) is 7.99. The van der Waals surface area contributed by atoms with E-state index in [1.54, 1.807) is 6.92 Å². The second-order valence-corrected chi connectivity index (χ2v) is 3.90. The van der Waals surface area contributed by atoms with Crippen molar-refractivity contribution in [1.82, 2.24) is 5.32 Å². The predicted molar refractivity (Wildman–Crippen MR) is 59.4 cm³/mol. The molecule has 0 aliphatic carbocycles. The molecule has 17 heavy (non-hydrogen) atoms. The van der Waals surface area contributed by atoms with E-state index < -0.39 is 17.7 Å². The quantitative estimate of drug-likeness (QED) is 0.821. The van der Waals surface area contributed by atoms with E-state index >= 15 is 0 Å². The molecular formula is C12H15F2NO2. The number of carbonyl (C=O) groups excluding carboxylic acids is 1. The molecule has 1 aromatic carbocycles. The fraction of sp³-hybridized carbons (Fsp3) is 0.417. The summed E-state index contributed by atoms with van der Waals surface area (Å²) >= 11 is 0. The summed E-state index contributed by atoms with van der Waals surface area (Å²) in [6.45, 7) is 1.76. The van der Waals surface area contributed by atoms with Gasteiger partial charge in [-0.25, -0.2) is 8.78 Å². The molecule has 0 aromatic heterocycles. The van der Waals surface area contributed by atoms with E-state index in [1.165, 1.54) is 6.07 Å². The smallest absolute Gasteiger partial charge is 0.220 e. The van der Waals surface area contributed by atoms with Gasteiger partial charge in [-0.1, -0.05) is 6.07 Å². The molecule has 0 unspecified atom stereocenters. The van der Waals surface area contributed by atoms with Crippen LogP contribution in [0.1, 0.15) is 18.9 Å². The van der Waals surface area contributed by atoms with E-state index in [4.69, 9.17) is 5.11 Å². The fourth-order valence-electron chi connectivity index (χ4n) is 1.30. The lowest BCUT2D eigenvalue weighted by Crippen LogP contribution is -2.30. The number of rotatable bonds is 5. The third-order valence-corrected chi connectivity index (χ3v) is 2.22. The minimum Gasteiger partial charge on any atom is -0.392 e. The summed E-state index contributed by atoms with van der Waals surface area (Å²) in [4.78, 5) is 11.3. The second-order valence-electron chi connectivity index (χ2n) is 3.90. The summed E-state index contributed by atoms with van der Waals surface area (Å²) in [6, 6.07) is 3.57. The van der Waals surface area contributed by atoms with Crippen molar-refractivity contribution in [3.05, 3.63) is 35.4 Å². The Bertz CT molecular complexity index is 394. The van der Waals surface area contributed by atoms with Crippen LogP contribution in [-0.2, 0) is 11.2 Å². The summed E-state index contributed by atoms with van der Waals surface area (Å²) in [6.07, 6.45) is -0.0807. The highest BCUT2D eigenvalue weighted by Crippen LogP contribution is 2.10. The Balaban J connectivity index is 2.39. The molecule has 3 nitrogen and oxygen atoms in total. The molecule has 94 valence electrons. The monoisotopic (exact) mass is 243 g/mol. The molecule has 1 amide bonds. The first-order valence-electron chi connectivity index (χ1n) is 5.37. The van der Waals surface area contributed by atoms with Gasteiger partial charge in [0, 0.05) is 13.0 Å². The van der Waals surface area contributed by atoms with Crippen LogP contribution in [0.15, 0.2) is 18.2 Å². The van der Waals surface area contributed by atoms with Gasteiger partial charge in [0.05, 0.1) is 6.10 Å². The maximum absolute atomic E-state index is 12.8. The Labute approximate surface area is 98.5 Å². The van der Waals surface area contributed by atoms with Gasteiger partial charge in [-0.3, -0.25) is 4.79 Å². The van der Waals surface area contributed by atoms with Crippen LogP contribution in [-0.4, -0.2) is 23.7 Å². The van der Waals surface area contributed by atoms with Crippen molar-refractivity contribution < 1.29 is 18.7 Å². The van der Waals surface area contributed by atoms with Crippen molar-refractivity contribution in [2.45, 2.75) is 25.9 Å². The van der Waals surface area contributed by atoms with Crippen molar-refractivity contribution >= 4 is 5.91 Å². The molecule has 0 aliphatic rings. The van der Waals surface area contributed by atoms with Gasteiger partial charge in [-0.05, 0) is 31.0 Å². The lowest BCUT2D eigenvalue weighted by Gasteiger charge is -2.07. The van der Waals surface area contributed by atoms with E-state index in [1.807, 2.05) is 0 Å². The molecule has 0 fully saturated rings. The van der Waals surface area contributed by atoms with E-state index in [9.17, 15) is 13.6 Å². The third-order valence-electron chi connectivity index (χ3n) is 2.22. The maximum atomic E-state index is 12.8. The molecule has 1 rings (SSSR count). The minimum absolute atomic E-state index is 0.178. The SMILES string of the molecule is C[C@H](O)CNC(=O)CCc1ccc(F)c(F)c1. The van der Waals surface area contributed by atoms with Crippen LogP contribution in [0.25, 0.3) is 0 Å². The molecule has 0 radical (unpaired) electrons. The molecule has 2 N–H and O–H groups in total. The number of aryl methyl sites for hydroxylation is 1. The summed E-state index contributed by atoms with van der Waals surface area (Å²) < 4.78 is 25.5. The van der Waals surface area contributed by atoms with Crippen molar-refractivity contribution in [2.24, 2.45) is 0 Å². The molecule has 0 saturated carbocycles. The van der Waals surface area contributed by atoms with Crippen molar-refractivity contribution in [1.29, 1.82) is 0 Å². The normalized spacial score (nSPS) is 12.2. The van der Waals surface area contributed by atoms with Crippen LogP contribution < -0.4 is 5.32 Å². The highest BCUT2D eigenvalue weighted by molar-refractivity contribution is 5.76. The van der Waals surface area contributed by atoms with Crippen LogP contribution in [0.3, 0.4) is 0 Å². The van der Waals surface area contributed by atoms with Gasteiger partial charge >= 0.3 is 0 Å². The zero-order chi connectivity index (χ0) is 12.8. The van der Waals surface area contributed by atoms with E-state index in [0.29, 0.717) is 12.0 Å². The molecular weight excluding hydrogens is 228 g/mol. The van der Waals surface area contributed by atoms with Gasteiger partial charge in [0.25, 0.3) is 0 Å². The van der Waals surface area contributed by atoms with Crippen LogP contribution in [0.5, 0.6) is 0 Å². The highest BCUT2D eigenvalue weighted by atomic mass is 19.2. The number of benzene rings is 1. The number of carbonyl (C=O) groups is 1. The molecule has 0 saturated heterocycles. The molecule has 1 aromatic rings. The van der Waals surface area contributed by atoms with E-state index in [-0.39, 0.29) is 18.9 Å². The third kappa shape index (κ3) is 4.91. The van der Waals surface area contributed by atoms with Crippen LogP contribution >= 0.6 is 0 Å². The Hall–Kier alpha value is -1.49. The minimum atomic E-state index is -0.910. The number of nitrogens with one attached hydrogen (secondary N) is 1. The van der Waals surface area contributed by atoms with Crippen LogP contribution in [0.2, 0.25) is 0 Å². The Kier molecular flexibility index (Phi) is 5.03. The second kappa shape index (κ2) is 6.30. The Morgan fingerprint density at radius 2 is 2.12 bits per heavy atom. The van der Waals surface area contributed by atoms with Crippen molar-refractivity contribution in [2.75, 3.05) is 6.54 Å². The molecule has 1 atom stereocenters. The molecule has 0 aliphatic heterocycles. The number of hydrogen-bond donors (Lipinski definition) is 2. The van der Waals surface area contributed by atoms with Crippen LogP contribution in [0.4, 0.5) is 8.78 Å². The van der Waals surface area contributed by atoms with Gasteiger partial charge in [0.2, 0.25) is 5.91 Å². The number of hydrogen-bond acceptors (Lipinski definition) is 2. The maximum Gasteiger partial charge on any atom is 0.220 e. The largest absolute Gasteiger partial charge is 0.392 e. The van der Waals surface area contributed by atoms with Gasteiger partial charge in [-0.2, -0.15) is 0 Å². The average molecular weight is 243 g/mol. The van der Waals surface area contributed by atoms with Crippen molar-refractivity contribution in [3.8, 4) is 0 Å². The summed E-state index contributed by atoms with van der Waals surface area (Å²) in [5, 5.41) is 11.5. The van der Waals surface area contributed by atoms with Gasteiger partial charge < -0.3 is 10.4 Å². The first-order valence-corrected chi connectivity index (χ1v) is 5.37. The predicted octanol–water partition coefficient (Wildman–Crippen LogP) is 1.39. The van der Waals surface area contributed by atoms with Gasteiger partial charge in [0.1, 0.15) is 0 Å². The Morgan fingerprint density at radius 1 is 1.41 bits per heavy atom. The first kappa shape index (κ1) is 13.6.